The fourth-order valence-electron chi connectivity index (χ4n) is 4.64. The summed E-state index contributed by atoms with van der Waals surface area (Å²) in [7, 11) is 0. The van der Waals surface area contributed by atoms with E-state index in [9.17, 15) is 24.0 Å². The van der Waals surface area contributed by atoms with Crippen molar-refractivity contribution in [2.45, 2.75) is 108 Å². The minimum Gasteiger partial charge on any atom is -0.445 e. The van der Waals surface area contributed by atoms with Crippen LogP contribution in [0.2, 0.25) is 0 Å². The molecule has 45 heavy (non-hydrogen) atoms. The number of piperidine rings is 1. The lowest BCUT2D eigenvalue weighted by Crippen LogP contribution is -2.42. The number of nitrogens with one attached hydrogen (secondary N) is 3. The molecule has 11 heteroatoms. The van der Waals surface area contributed by atoms with Crippen LogP contribution in [0, 0.1) is 23.7 Å². The summed E-state index contributed by atoms with van der Waals surface area (Å²) in [4.78, 5) is 58.5. The number of urea groups is 1. The number of benzene rings is 1. The lowest BCUT2D eigenvalue weighted by molar-refractivity contribution is -0.126. The summed E-state index contributed by atoms with van der Waals surface area (Å²) >= 11 is 0. The number of hydrogen-bond acceptors (Lipinski definition) is 6. The highest BCUT2D eigenvalue weighted by Gasteiger charge is 2.25. The Hall–Kier alpha value is -3.63. The zero-order valence-corrected chi connectivity index (χ0v) is 28.3. The van der Waals surface area contributed by atoms with E-state index in [1.54, 1.807) is 17.0 Å². The molecule has 0 bridgehead atoms. The highest BCUT2D eigenvalue weighted by molar-refractivity contribution is 5.92. The highest BCUT2D eigenvalue weighted by atomic mass is 16.6. The molecule has 1 fully saturated rings. The Kier molecular flexibility index (Phi) is 22.9. The van der Waals surface area contributed by atoms with E-state index in [0.717, 1.165) is 31.5 Å². The first-order valence-corrected chi connectivity index (χ1v) is 15.8. The molecule has 1 aromatic rings. The predicted molar refractivity (Wildman–Crippen MR) is 182 cm³/mol. The van der Waals surface area contributed by atoms with Crippen LogP contribution >= 0.6 is 0 Å². The number of likely N-dealkylation sites (tertiary alicyclic amines) is 1. The maximum absolute atomic E-state index is 12.3. The van der Waals surface area contributed by atoms with Crippen molar-refractivity contribution in [3.8, 4) is 0 Å². The summed E-state index contributed by atoms with van der Waals surface area (Å²) < 4.78 is 5.46. The van der Waals surface area contributed by atoms with Gasteiger partial charge in [-0.15, -0.1) is 0 Å². The second-order valence-corrected chi connectivity index (χ2v) is 11.7. The van der Waals surface area contributed by atoms with Gasteiger partial charge in [-0.25, -0.2) is 9.59 Å². The Labute approximate surface area is 271 Å². The summed E-state index contributed by atoms with van der Waals surface area (Å²) in [6.45, 7) is 19.2. The van der Waals surface area contributed by atoms with E-state index in [4.69, 9.17) is 10.5 Å². The molecule has 0 aliphatic carbocycles. The molecule has 0 saturated carbocycles. The number of primary amides is 1. The molecule has 0 radical (unpaired) electrons. The third-order valence-electron chi connectivity index (χ3n) is 7.35. The second kappa shape index (κ2) is 23.7. The smallest absolute Gasteiger partial charge is 0.410 e. The molecule has 1 aliphatic heterocycles. The lowest BCUT2D eigenvalue weighted by Gasteiger charge is -2.33. The third-order valence-corrected chi connectivity index (χ3v) is 7.35. The van der Waals surface area contributed by atoms with Crippen LogP contribution in [0.4, 0.5) is 15.3 Å². The summed E-state index contributed by atoms with van der Waals surface area (Å²) in [6.07, 6.45) is 3.12. The minimum atomic E-state index is -0.557. The number of carbonyl (C=O) groups excluding carboxylic acids is 5. The third kappa shape index (κ3) is 18.7. The van der Waals surface area contributed by atoms with Gasteiger partial charge in [0, 0.05) is 38.2 Å². The molecule has 0 spiro atoms. The summed E-state index contributed by atoms with van der Waals surface area (Å²) in [5, 5.41) is 7.98. The second-order valence-electron chi connectivity index (χ2n) is 11.7. The van der Waals surface area contributed by atoms with Crippen LogP contribution in [0.1, 0.15) is 101 Å². The van der Waals surface area contributed by atoms with Gasteiger partial charge < -0.3 is 31.3 Å². The molecule has 11 nitrogen and oxygen atoms in total. The largest absolute Gasteiger partial charge is 0.445 e. The first-order valence-electron chi connectivity index (χ1n) is 15.8. The van der Waals surface area contributed by atoms with Crippen molar-refractivity contribution in [2.24, 2.45) is 29.4 Å². The van der Waals surface area contributed by atoms with Crippen LogP contribution in [0.15, 0.2) is 24.3 Å². The molecule has 1 saturated heterocycles. The normalized spacial score (nSPS) is 13.9. The molecule has 258 valence electrons. The van der Waals surface area contributed by atoms with Gasteiger partial charge >= 0.3 is 12.1 Å². The van der Waals surface area contributed by atoms with Crippen molar-refractivity contribution in [1.82, 2.24) is 15.5 Å². The van der Waals surface area contributed by atoms with Crippen molar-refractivity contribution >= 4 is 35.4 Å². The molecule has 2 atom stereocenters. The number of hydrogen-bond donors (Lipinski definition) is 4. The molecule has 2 rings (SSSR count). The molecular formula is C34H61N5O6. The standard InChI is InChI=1S/C23H36N4O4.C8H15NO2.C2H6.CH4/c1-16(2)19-10-13-27(14-11-19)23(30)31-15-18-6-8-20(9-7-18)26-21(28)17(3)5-4-12-25-22(24)29;1-5(2)8(6(3)10)9-7(4)11;1-2;/h6-9,16-17,19H,4-5,10-15H2,1-3H3,(H,26,28)(H3,24,25,29);5,8H,1-4H3,(H,9,11);1-2H3;1H4. The van der Waals surface area contributed by atoms with Gasteiger partial charge in [0.25, 0.3) is 0 Å². The number of rotatable bonds is 12. The Morgan fingerprint density at radius 1 is 0.956 bits per heavy atom. The number of anilines is 1. The van der Waals surface area contributed by atoms with Gasteiger partial charge in [-0.2, -0.15) is 0 Å². The Morgan fingerprint density at radius 3 is 1.93 bits per heavy atom. The Bertz CT molecular complexity index is 1020. The maximum atomic E-state index is 12.3. The molecule has 1 aromatic carbocycles. The molecule has 0 aromatic heterocycles. The van der Waals surface area contributed by atoms with Crippen LogP contribution < -0.4 is 21.7 Å². The fraction of sp³-hybridized carbons (Fsp3) is 0.676. The first kappa shape index (κ1) is 43.5. The zero-order chi connectivity index (χ0) is 33.8. The molecule has 2 unspecified atom stereocenters. The van der Waals surface area contributed by atoms with Crippen LogP contribution in [0.25, 0.3) is 0 Å². The summed E-state index contributed by atoms with van der Waals surface area (Å²) in [6, 6.07) is 6.41. The Balaban J connectivity index is 0. The number of carbonyl (C=O) groups is 5. The summed E-state index contributed by atoms with van der Waals surface area (Å²) in [5.41, 5.74) is 6.58. The SMILES string of the molecule is C.CC.CC(=O)NC(C(C)=O)C(C)C.CC(CCCNC(N)=O)C(=O)Nc1ccc(COC(=O)N2CCC(C(C)C)CC2)cc1. The van der Waals surface area contributed by atoms with Crippen molar-refractivity contribution in [1.29, 1.82) is 0 Å². The van der Waals surface area contributed by atoms with Gasteiger partial charge in [0.2, 0.25) is 11.8 Å². The predicted octanol–water partition coefficient (Wildman–Crippen LogP) is 6.11. The molecule has 5 amide bonds. The van der Waals surface area contributed by atoms with E-state index in [1.807, 2.05) is 46.8 Å². The first-order chi connectivity index (χ1) is 20.7. The van der Waals surface area contributed by atoms with Gasteiger partial charge in [0.05, 0.1) is 6.04 Å². The van der Waals surface area contributed by atoms with Crippen molar-refractivity contribution < 1.29 is 28.7 Å². The lowest BCUT2D eigenvalue weighted by atomic mass is 9.87. The van der Waals surface area contributed by atoms with Crippen molar-refractivity contribution in [2.75, 3.05) is 25.0 Å². The number of Topliss-reactive ketones (excluding diaryl/α,β-unsaturated/α-hetero) is 1. The van der Waals surface area contributed by atoms with Crippen LogP contribution in [-0.2, 0) is 25.7 Å². The van der Waals surface area contributed by atoms with Gasteiger partial charge in [-0.05, 0) is 68.1 Å². The number of nitrogens with two attached hydrogens (primary N) is 1. The molecule has 1 aliphatic rings. The van der Waals surface area contributed by atoms with Crippen LogP contribution in [-0.4, -0.2) is 60.3 Å². The number of ether oxygens (including phenoxy) is 1. The van der Waals surface area contributed by atoms with Gasteiger partial charge in [-0.1, -0.05) is 68.0 Å². The van der Waals surface area contributed by atoms with E-state index < -0.39 is 6.03 Å². The van der Waals surface area contributed by atoms with Crippen molar-refractivity contribution in [3.63, 3.8) is 0 Å². The topological polar surface area (TPSA) is 160 Å². The monoisotopic (exact) mass is 635 g/mol. The number of ketones is 1. The van der Waals surface area contributed by atoms with Gasteiger partial charge in [-0.3, -0.25) is 14.4 Å². The van der Waals surface area contributed by atoms with Crippen LogP contribution in [0.5, 0.6) is 0 Å². The van der Waals surface area contributed by atoms with Gasteiger partial charge in [0.15, 0.2) is 5.78 Å². The maximum Gasteiger partial charge on any atom is 0.410 e. The van der Waals surface area contributed by atoms with E-state index in [0.29, 0.717) is 36.9 Å². The average Bonchev–Trinajstić information content (AvgIpc) is 2.98. The highest BCUT2D eigenvalue weighted by Crippen LogP contribution is 2.25. The fourth-order valence-corrected chi connectivity index (χ4v) is 4.64. The molecule has 1 heterocycles. The van der Waals surface area contributed by atoms with E-state index >= 15 is 0 Å². The average molecular weight is 636 g/mol. The minimum absolute atomic E-state index is 0. The zero-order valence-electron chi connectivity index (χ0n) is 28.3. The van der Waals surface area contributed by atoms with E-state index in [2.05, 4.69) is 29.8 Å². The van der Waals surface area contributed by atoms with Crippen LogP contribution in [0.3, 0.4) is 0 Å². The number of amides is 5. The Morgan fingerprint density at radius 2 is 1.51 bits per heavy atom. The van der Waals surface area contributed by atoms with Gasteiger partial charge in [0.1, 0.15) is 6.61 Å². The van der Waals surface area contributed by atoms with E-state index in [-0.39, 0.29) is 55.6 Å². The molecular weight excluding hydrogens is 574 g/mol. The quantitative estimate of drug-likeness (QED) is 0.203. The molecule has 5 N–H and O–H groups in total. The number of nitrogens with zero attached hydrogens (tertiary/aromatic N) is 1. The van der Waals surface area contributed by atoms with Crippen molar-refractivity contribution in [3.05, 3.63) is 29.8 Å². The summed E-state index contributed by atoms with van der Waals surface area (Å²) in [5.74, 6) is 1.09. The van der Waals surface area contributed by atoms with E-state index in [1.165, 1.54) is 13.8 Å².